The van der Waals surface area contributed by atoms with Crippen molar-refractivity contribution < 1.29 is 4.74 Å². The fraction of sp³-hybridized carbons (Fsp3) is 0.455. The minimum Gasteiger partial charge on any atom is -0.379 e. The summed E-state index contributed by atoms with van der Waals surface area (Å²) in [6.07, 6.45) is 4.37. The summed E-state index contributed by atoms with van der Waals surface area (Å²) in [6.45, 7) is 1.44. The van der Waals surface area contributed by atoms with Gasteiger partial charge in [-0.05, 0) is 24.1 Å². The maximum Gasteiger partial charge on any atom is 0.256 e. The molecule has 1 fully saturated rings. The molecule has 0 saturated carbocycles. The molecule has 2 aromatic rings. The van der Waals surface area contributed by atoms with Crippen LogP contribution in [-0.2, 0) is 4.74 Å². The Labute approximate surface area is 115 Å². The fourth-order valence-electron chi connectivity index (χ4n) is 1.97. The molecule has 1 unspecified atom stereocenters. The van der Waals surface area contributed by atoms with Crippen LogP contribution in [0.15, 0.2) is 18.5 Å². The molecule has 0 aliphatic carbocycles. The number of likely N-dealkylation sites (N-methyl/N-ethyl adjacent to an activating group) is 1. The standard InChI is InChI=1S/C11H13ClN6O/c1-17(8-3-6-19-7-8)10-14-9(12)15-11(16-10)18-5-2-4-13-18/h2,4-5,8H,3,6-7H2,1H3. The van der Waals surface area contributed by atoms with Crippen LogP contribution in [0.5, 0.6) is 0 Å². The summed E-state index contributed by atoms with van der Waals surface area (Å²) in [7, 11) is 1.93. The van der Waals surface area contributed by atoms with Crippen molar-refractivity contribution in [3.8, 4) is 5.95 Å². The molecule has 3 heterocycles. The van der Waals surface area contributed by atoms with Crippen LogP contribution in [0, 0.1) is 0 Å². The highest BCUT2D eigenvalue weighted by Gasteiger charge is 2.23. The van der Waals surface area contributed by atoms with Gasteiger partial charge in [0.1, 0.15) is 0 Å². The molecular weight excluding hydrogens is 268 g/mol. The van der Waals surface area contributed by atoms with E-state index in [1.165, 1.54) is 0 Å². The van der Waals surface area contributed by atoms with Crippen molar-refractivity contribution in [1.29, 1.82) is 0 Å². The summed E-state index contributed by atoms with van der Waals surface area (Å²) in [5, 5.41) is 4.24. The molecule has 7 nitrogen and oxygen atoms in total. The minimum absolute atomic E-state index is 0.154. The van der Waals surface area contributed by atoms with E-state index in [-0.39, 0.29) is 11.3 Å². The van der Waals surface area contributed by atoms with E-state index in [2.05, 4.69) is 20.1 Å². The highest BCUT2D eigenvalue weighted by atomic mass is 35.5. The van der Waals surface area contributed by atoms with Crippen molar-refractivity contribution in [3.05, 3.63) is 23.7 Å². The topological polar surface area (TPSA) is 69.0 Å². The molecule has 0 N–H and O–H groups in total. The molecule has 0 amide bonds. The first-order valence-corrected chi connectivity index (χ1v) is 6.34. The molecular formula is C11H13ClN6O. The smallest absolute Gasteiger partial charge is 0.256 e. The average molecular weight is 281 g/mol. The summed E-state index contributed by atoms with van der Waals surface area (Å²) >= 11 is 5.96. The van der Waals surface area contributed by atoms with Crippen LogP contribution in [0.3, 0.4) is 0 Å². The summed E-state index contributed by atoms with van der Waals surface area (Å²) in [5.74, 6) is 0.937. The SMILES string of the molecule is CN(c1nc(Cl)nc(-n2cccn2)n1)C1CCOC1. The molecule has 1 aliphatic heterocycles. The number of ether oxygens (including phenoxy) is 1. The number of hydrogen-bond acceptors (Lipinski definition) is 6. The van der Waals surface area contributed by atoms with Crippen LogP contribution in [0.25, 0.3) is 5.95 Å². The molecule has 0 spiro atoms. The predicted molar refractivity (Wildman–Crippen MR) is 69.6 cm³/mol. The highest BCUT2D eigenvalue weighted by Crippen LogP contribution is 2.18. The predicted octanol–water partition coefficient (Wildman–Crippen LogP) is 0.936. The van der Waals surface area contributed by atoms with Crippen molar-refractivity contribution in [2.75, 3.05) is 25.2 Å². The van der Waals surface area contributed by atoms with Gasteiger partial charge >= 0.3 is 0 Å². The quantitative estimate of drug-likeness (QED) is 0.833. The Morgan fingerprint density at radius 3 is 3.00 bits per heavy atom. The second-order valence-corrected chi connectivity index (χ2v) is 4.62. The largest absolute Gasteiger partial charge is 0.379 e. The monoisotopic (exact) mass is 280 g/mol. The van der Waals surface area contributed by atoms with Gasteiger partial charge in [0, 0.05) is 26.0 Å². The molecule has 0 radical (unpaired) electrons. The molecule has 0 bridgehead atoms. The lowest BCUT2D eigenvalue weighted by molar-refractivity contribution is 0.193. The van der Waals surface area contributed by atoms with Crippen molar-refractivity contribution in [2.24, 2.45) is 0 Å². The van der Waals surface area contributed by atoms with Crippen molar-refractivity contribution in [2.45, 2.75) is 12.5 Å². The van der Waals surface area contributed by atoms with Crippen LogP contribution in [-0.4, -0.2) is 51.0 Å². The Kier molecular flexibility index (Phi) is 3.31. The van der Waals surface area contributed by atoms with Gasteiger partial charge in [-0.1, -0.05) is 0 Å². The van der Waals surface area contributed by atoms with Gasteiger partial charge < -0.3 is 9.64 Å². The van der Waals surface area contributed by atoms with E-state index < -0.39 is 0 Å². The van der Waals surface area contributed by atoms with Crippen LogP contribution in [0.4, 0.5) is 5.95 Å². The van der Waals surface area contributed by atoms with Gasteiger partial charge in [0.15, 0.2) is 0 Å². The summed E-state index contributed by atoms with van der Waals surface area (Å²) in [5.41, 5.74) is 0. The second kappa shape index (κ2) is 5.10. The number of hydrogen-bond donors (Lipinski definition) is 0. The van der Waals surface area contributed by atoms with E-state index in [1.54, 1.807) is 23.1 Å². The molecule has 1 aliphatic rings. The molecule has 0 aromatic carbocycles. The first-order chi connectivity index (χ1) is 9.24. The summed E-state index contributed by atoms with van der Waals surface area (Å²) < 4.78 is 6.92. The van der Waals surface area contributed by atoms with Gasteiger partial charge in [-0.2, -0.15) is 20.1 Å². The van der Waals surface area contributed by atoms with Crippen molar-refractivity contribution >= 4 is 17.5 Å². The van der Waals surface area contributed by atoms with E-state index in [1.807, 2.05) is 11.9 Å². The number of halogens is 1. The molecule has 1 atom stereocenters. The summed E-state index contributed by atoms with van der Waals surface area (Å²) in [4.78, 5) is 14.6. The highest BCUT2D eigenvalue weighted by molar-refractivity contribution is 6.28. The molecule has 100 valence electrons. The van der Waals surface area contributed by atoms with Crippen molar-refractivity contribution in [3.63, 3.8) is 0 Å². The van der Waals surface area contributed by atoms with Gasteiger partial charge in [-0.3, -0.25) is 0 Å². The van der Waals surface area contributed by atoms with E-state index >= 15 is 0 Å². The minimum atomic E-state index is 0.154. The first kappa shape index (κ1) is 12.3. The zero-order valence-corrected chi connectivity index (χ0v) is 11.2. The van der Waals surface area contributed by atoms with Gasteiger partial charge in [0.2, 0.25) is 11.2 Å². The van der Waals surface area contributed by atoms with Crippen LogP contribution >= 0.6 is 11.6 Å². The number of rotatable bonds is 3. The maximum atomic E-state index is 5.96. The zero-order chi connectivity index (χ0) is 13.2. The Balaban J connectivity index is 1.93. The molecule has 19 heavy (non-hydrogen) atoms. The second-order valence-electron chi connectivity index (χ2n) is 4.28. The van der Waals surface area contributed by atoms with Crippen LogP contribution in [0.1, 0.15) is 6.42 Å². The van der Waals surface area contributed by atoms with E-state index in [4.69, 9.17) is 16.3 Å². The lowest BCUT2D eigenvalue weighted by Crippen LogP contribution is -2.33. The Bertz CT molecular complexity index is 554. The molecule has 1 saturated heterocycles. The third-order valence-corrected chi connectivity index (χ3v) is 3.23. The lowest BCUT2D eigenvalue weighted by Gasteiger charge is -2.23. The molecule has 2 aromatic heterocycles. The van der Waals surface area contributed by atoms with E-state index in [0.717, 1.165) is 13.0 Å². The first-order valence-electron chi connectivity index (χ1n) is 5.96. The van der Waals surface area contributed by atoms with E-state index in [0.29, 0.717) is 18.5 Å². The third-order valence-electron chi connectivity index (χ3n) is 3.06. The Morgan fingerprint density at radius 1 is 1.42 bits per heavy atom. The third kappa shape index (κ3) is 2.52. The average Bonchev–Trinajstić information content (AvgIpc) is 3.10. The molecule has 8 heteroatoms. The Morgan fingerprint density at radius 2 is 2.32 bits per heavy atom. The van der Waals surface area contributed by atoms with Gasteiger partial charge in [0.05, 0.1) is 12.6 Å². The zero-order valence-electron chi connectivity index (χ0n) is 10.4. The lowest BCUT2D eigenvalue weighted by atomic mass is 10.2. The van der Waals surface area contributed by atoms with Crippen molar-refractivity contribution in [1.82, 2.24) is 24.7 Å². The number of nitrogens with zero attached hydrogens (tertiary/aromatic N) is 6. The van der Waals surface area contributed by atoms with Crippen LogP contribution < -0.4 is 4.90 Å². The van der Waals surface area contributed by atoms with Gasteiger partial charge in [-0.15, -0.1) is 0 Å². The number of anilines is 1. The van der Waals surface area contributed by atoms with Gasteiger partial charge in [-0.25, -0.2) is 4.68 Å². The maximum absolute atomic E-state index is 5.96. The molecule has 3 rings (SSSR count). The number of aromatic nitrogens is 5. The van der Waals surface area contributed by atoms with E-state index in [9.17, 15) is 0 Å². The van der Waals surface area contributed by atoms with Gasteiger partial charge in [0.25, 0.3) is 5.95 Å². The fourth-order valence-corrected chi connectivity index (χ4v) is 2.12. The normalized spacial score (nSPS) is 18.7. The Hall–Kier alpha value is -1.73. The summed E-state index contributed by atoms with van der Waals surface area (Å²) in [6, 6.07) is 2.07. The van der Waals surface area contributed by atoms with Crippen LogP contribution in [0.2, 0.25) is 5.28 Å².